The van der Waals surface area contributed by atoms with Gasteiger partial charge in [-0.3, -0.25) is 5.32 Å². The van der Waals surface area contributed by atoms with E-state index in [1.165, 1.54) is 0 Å². The van der Waals surface area contributed by atoms with Crippen molar-refractivity contribution in [2.24, 2.45) is 0 Å². The number of ether oxygens (including phenoxy) is 2. The first-order valence-electron chi connectivity index (χ1n) is 7.64. The Bertz CT molecular complexity index is 895. The molecule has 0 atom stereocenters. The first-order valence-corrected chi connectivity index (χ1v) is 7.64. The lowest BCUT2D eigenvalue weighted by Crippen LogP contribution is -2.19. The fourth-order valence-electron chi connectivity index (χ4n) is 2.35. The summed E-state index contributed by atoms with van der Waals surface area (Å²) in [5.74, 6) is 1.57. The monoisotopic (exact) mass is 338 g/mol. The molecule has 1 aromatic heterocycles. The molecule has 0 radical (unpaired) electrons. The predicted molar refractivity (Wildman–Crippen MR) is 89.8 cm³/mol. The molecule has 8 heteroatoms. The average molecular weight is 338 g/mol. The van der Waals surface area contributed by atoms with Gasteiger partial charge in [-0.25, -0.2) is 4.79 Å². The number of carbonyl (C=O) groups is 1. The topological polar surface area (TPSA) is 98.5 Å². The Morgan fingerprint density at radius 3 is 2.56 bits per heavy atom. The molecule has 4 rings (SSSR count). The minimum Gasteiger partial charge on any atom is -0.486 e. The fourth-order valence-corrected chi connectivity index (χ4v) is 2.35. The van der Waals surface area contributed by atoms with Gasteiger partial charge in [0.05, 0.1) is 0 Å². The molecule has 2 N–H and O–H groups in total. The first kappa shape index (κ1) is 15.0. The lowest BCUT2D eigenvalue weighted by Gasteiger charge is -2.18. The number of hydrogen-bond donors (Lipinski definition) is 2. The van der Waals surface area contributed by atoms with Gasteiger partial charge in [-0.15, -0.1) is 5.10 Å². The molecular weight excluding hydrogens is 324 g/mol. The fraction of sp³-hybridized carbons (Fsp3) is 0.118. The number of hydrogen-bond acceptors (Lipinski definition) is 6. The van der Waals surface area contributed by atoms with Gasteiger partial charge in [-0.2, -0.15) is 0 Å². The number of nitrogens with one attached hydrogen (secondary N) is 2. The molecule has 8 nitrogen and oxygen atoms in total. The number of rotatable bonds is 3. The summed E-state index contributed by atoms with van der Waals surface area (Å²) in [7, 11) is 0. The first-order chi connectivity index (χ1) is 12.3. The molecule has 2 heterocycles. The van der Waals surface area contributed by atoms with Gasteiger partial charge in [0.15, 0.2) is 11.5 Å². The molecule has 2 aromatic carbocycles. The van der Waals surface area contributed by atoms with Crippen LogP contribution in [0.2, 0.25) is 0 Å². The van der Waals surface area contributed by atoms with E-state index in [0.29, 0.717) is 36.0 Å². The highest BCUT2D eigenvalue weighted by molar-refractivity contribution is 5.98. The van der Waals surface area contributed by atoms with Crippen molar-refractivity contribution in [2.75, 3.05) is 23.8 Å². The van der Waals surface area contributed by atoms with Crippen molar-refractivity contribution in [3.8, 4) is 23.0 Å². The minimum absolute atomic E-state index is 0.00156. The number of nitrogens with zero attached hydrogens (tertiary/aromatic N) is 2. The van der Waals surface area contributed by atoms with Crippen molar-refractivity contribution < 1.29 is 18.7 Å². The Hall–Kier alpha value is -3.55. The molecule has 0 spiro atoms. The minimum atomic E-state index is -0.469. The Balaban J connectivity index is 1.46. The maximum atomic E-state index is 11.9. The van der Waals surface area contributed by atoms with Crippen LogP contribution in [0.3, 0.4) is 0 Å². The summed E-state index contributed by atoms with van der Waals surface area (Å²) in [6, 6.07) is 13.9. The van der Waals surface area contributed by atoms with Crippen LogP contribution in [0, 0.1) is 0 Å². The molecule has 1 aliphatic rings. The van der Waals surface area contributed by atoms with Crippen LogP contribution in [-0.2, 0) is 0 Å². The van der Waals surface area contributed by atoms with Crippen molar-refractivity contribution in [1.29, 1.82) is 0 Å². The van der Waals surface area contributed by atoms with Crippen LogP contribution in [0.1, 0.15) is 0 Å². The molecule has 0 bridgehead atoms. The maximum absolute atomic E-state index is 11.9. The van der Waals surface area contributed by atoms with E-state index in [0.717, 1.165) is 0 Å². The van der Waals surface area contributed by atoms with Gasteiger partial charge in [0, 0.05) is 11.3 Å². The molecule has 25 heavy (non-hydrogen) atoms. The lowest BCUT2D eigenvalue weighted by atomic mass is 10.2. The highest BCUT2D eigenvalue weighted by Gasteiger charge is 2.16. The number of urea groups is 1. The van der Waals surface area contributed by atoms with Crippen molar-refractivity contribution in [3.05, 3.63) is 48.5 Å². The molecule has 0 saturated carbocycles. The smallest absolute Gasteiger partial charge is 0.327 e. The highest BCUT2D eigenvalue weighted by atomic mass is 16.6. The van der Waals surface area contributed by atoms with E-state index in [1.54, 1.807) is 30.3 Å². The summed E-state index contributed by atoms with van der Waals surface area (Å²) >= 11 is 0. The van der Waals surface area contributed by atoms with E-state index >= 15 is 0 Å². The third-order valence-electron chi connectivity index (χ3n) is 3.47. The second-order valence-corrected chi connectivity index (χ2v) is 5.22. The summed E-state index contributed by atoms with van der Waals surface area (Å²) in [4.78, 5) is 11.9. The molecule has 1 aliphatic heterocycles. The summed E-state index contributed by atoms with van der Waals surface area (Å²) < 4.78 is 16.5. The summed E-state index contributed by atoms with van der Waals surface area (Å²) in [5, 5.41) is 12.9. The van der Waals surface area contributed by atoms with Gasteiger partial charge in [0.2, 0.25) is 5.89 Å². The van der Waals surface area contributed by atoms with E-state index in [1.807, 2.05) is 18.2 Å². The molecule has 2 amide bonds. The highest BCUT2D eigenvalue weighted by Crippen LogP contribution is 2.34. The maximum Gasteiger partial charge on any atom is 0.327 e. The second-order valence-electron chi connectivity index (χ2n) is 5.22. The van der Waals surface area contributed by atoms with E-state index in [2.05, 4.69) is 20.8 Å². The van der Waals surface area contributed by atoms with Crippen LogP contribution in [0.25, 0.3) is 11.5 Å². The largest absolute Gasteiger partial charge is 0.486 e. The number of para-hydroxylation sites is 1. The Labute approximate surface area is 142 Å². The Morgan fingerprint density at radius 2 is 1.72 bits per heavy atom. The third-order valence-corrected chi connectivity index (χ3v) is 3.47. The SMILES string of the molecule is O=C(Nc1ccccc1)Nc1nnc(-c2ccc3c(c2)OCCO3)o1. The van der Waals surface area contributed by atoms with Crippen molar-refractivity contribution in [3.63, 3.8) is 0 Å². The molecular formula is C17H14N4O4. The van der Waals surface area contributed by atoms with Crippen LogP contribution in [-0.4, -0.2) is 29.4 Å². The molecule has 0 saturated heterocycles. The quantitative estimate of drug-likeness (QED) is 0.761. The number of amides is 2. The number of carbonyl (C=O) groups excluding carboxylic acids is 1. The summed E-state index contributed by atoms with van der Waals surface area (Å²) in [6.07, 6.45) is 0. The van der Waals surface area contributed by atoms with Crippen molar-refractivity contribution >= 4 is 17.7 Å². The third kappa shape index (κ3) is 3.37. The number of benzene rings is 2. The Morgan fingerprint density at radius 1 is 0.920 bits per heavy atom. The molecule has 126 valence electrons. The lowest BCUT2D eigenvalue weighted by molar-refractivity contribution is 0.171. The van der Waals surface area contributed by atoms with Gasteiger partial charge < -0.3 is 19.2 Å². The predicted octanol–water partition coefficient (Wildman–Crippen LogP) is 3.15. The zero-order valence-electron chi connectivity index (χ0n) is 13.1. The van der Waals surface area contributed by atoms with Gasteiger partial charge >= 0.3 is 12.0 Å². The Kier molecular flexibility index (Phi) is 3.91. The number of anilines is 2. The summed E-state index contributed by atoms with van der Waals surface area (Å²) in [6.45, 7) is 1.02. The van der Waals surface area contributed by atoms with E-state index < -0.39 is 6.03 Å². The van der Waals surface area contributed by atoms with Crippen LogP contribution in [0.5, 0.6) is 11.5 Å². The van der Waals surface area contributed by atoms with Crippen molar-refractivity contribution in [1.82, 2.24) is 10.2 Å². The second kappa shape index (κ2) is 6.52. The average Bonchev–Trinajstić information content (AvgIpc) is 3.10. The molecule has 0 fully saturated rings. The molecule has 3 aromatic rings. The van der Waals surface area contributed by atoms with Gasteiger partial charge in [0.25, 0.3) is 0 Å². The number of aromatic nitrogens is 2. The van der Waals surface area contributed by atoms with Crippen molar-refractivity contribution in [2.45, 2.75) is 0 Å². The van der Waals surface area contributed by atoms with E-state index in [-0.39, 0.29) is 11.9 Å². The van der Waals surface area contributed by atoms with Crippen LogP contribution < -0.4 is 20.1 Å². The zero-order valence-corrected chi connectivity index (χ0v) is 13.1. The van der Waals surface area contributed by atoms with Gasteiger partial charge in [0.1, 0.15) is 13.2 Å². The summed E-state index contributed by atoms with van der Waals surface area (Å²) in [5.41, 5.74) is 1.33. The molecule has 0 unspecified atom stereocenters. The number of fused-ring (bicyclic) bond motifs is 1. The standard InChI is InChI=1S/C17H14N4O4/c22-16(18-12-4-2-1-3-5-12)19-17-21-20-15(25-17)11-6-7-13-14(10-11)24-9-8-23-13/h1-7,10H,8-9H2,(H2,18,19,21,22). The van der Waals surface area contributed by atoms with Crippen LogP contribution in [0.4, 0.5) is 16.5 Å². The molecule has 0 aliphatic carbocycles. The van der Waals surface area contributed by atoms with Crippen LogP contribution in [0.15, 0.2) is 52.9 Å². The van der Waals surface area contributed by atoms with Gasteiger partial charge in [-0.1, -0.05) is 23.3 Å². The zero-order chi connectivity index (χ0) is 17.1. The van der Waals surface area contributed by atoms with E-state index in [9.17, 15) is 4.79 Å². The van der Waals surface area contributed by atoms with Crippen LogP contribution >= 0.6 is 0 Å². The van der Waals surface area contributed by atoms with Gasteiger partial charge in [-0.05, 0) is 30.3 Å². The van der Waals surface area contributed by atoms with E-state index in [4.69, 9.17) is 13.9 Å². The normalized spacial score (nSPS) is 12.5.